The van der Waals surface area contributed by atoms with Crippen LogP contribution >= 0.6 is 0 Å². The van der Waals surface area contributed by atoms with Gasteiger partial charge in [-0.15, -0.1) is 0 Å². The fourth-order valence-electron chi connectivity index (χ4n) is 3.76. The number of carboxylic acid groups (broad SMARTS) is 1. The first kappa shape index (κ1) is 18.1. The lowest BCUT2D eigenvalue weighted by Gasteiger charge is -2.38. The lowest BCUT2D eigenvalue weighted by molar-refractivity contribution is 0.0662. The molecule has 3 aromatic rings. The molecule has 5 rings (SSSR count). The Hall–Kier alpha value is -4.00. The van der Waals surface area contributed by atoms with Gasteiger partial charge < -0.3 is 24.8 Å². The molecule has 0 radical (unpaired) electrons. The van der Waals surface area contributed by atoms with Gasteiger partial charge in [0.25, 0.3) is 5.91 Å². The summed E-state index contributed by atoms with van der Waals surface area (Å²) in [5.41, 5.74) is 3.24. The van der Waals surface area contributed by atoms with Gasteiger partial charge >= 0.3 is 5.97 Å². The maximum Gasteiger partial charge on any atom is 0.335 e. The summed E-state index contributed by atoms with van der Waals surface area (Å²) in [4.78, 5) is 26.3. The highest BCUT2D eigenvalue weighted by molar-refractivity contribution is 6.01. The van der Waals surface area contributed by atoms with Gasteiger partial charge in [0, 0.05) is 12.2 Å². The van der Waals surface area contributed by atoms with Crippen LogP contribution in [-0.4, -0.2) is 28.7 Å². The summed E-state index contributed by atoms with van der Waals surface area (Å²) in [5.74, 6) is 0.256. The smallest absolute Gasteiger partial charge is 0.335 e. The second kappa shape index (κ2) is 7.11. The molecule has 0 unspecified atom stereocenters. The lowest BCUT2D eigenvalue weighted by atomic mass is 10.0. The van der Waals surface area contributed by atoms with E-state index in [9.17, 15) is 14.7 Å². The van der Waals surface area contributed by atoms with E-state index in [0.717, 1.165) is 16.8 Å². The number of para-hydroxylation sites is 1. The molecule has 0 aromatic heterocycles. The van der Waals surface area contributed by atoms with Gasteiger partial charge in [-0.3, -0.25) is 4.79 Å². The molecule has 2 heterocycles. The summed E-state index contributed by atoms with van der Waals surface area (Å²) in [6, 6.07) is 19.5. The van der Waals surface area contributed by atoms with Crippen molar-refractivity contribution in [2.75, 3.05) is 12.1 Å². The number of nitrogens with one attached hydrogen (secondary N) is 1. The minimum absolute atomic E-state index is 0.102. The molecule has 0 aliphatic carbocycles. The first-order valence-corrected chi connectivity index (χ1v) is 9.48. The maximum atomic E-state index is 13.3. The Bertz CT molecular complexity index is 1140. The van der Waals surface area contributed by atoms with Crippen molar-refractivity contribution in [1.29, 1.82) is 0 Å². The molecule has 2 N–H and O–H groups in total. The van der Waals surface area contributed by atoms with Crippen LogP contribution in [0.1, 0.15) is 38.0 Å². The van der Waals surface area contributed by atoms with Crippen molar-refractivity contribution in [3.63, 3.8) is 0 Å². The van der Waals surface area contributed by atoms with Crippen molar-refractivity contribution >= 4 is 17.6 Å². The molecule has 7 nitrogen and oxygen atoms in total. The van der Waals surface area contributed by atoms with Crippen LogP contribution in [0, 0.1) is 0 Å². The zero-order chi connectivity index (χ0) is 20.7. The third-order valence-corrected chi connectivity index (χ3v) is 5.29. The third kappa shape index (κ3) is 3.10. The Morgan fingerprint density at radius 2 is 1.80 bits per heavy atom. The van der Waals surface area contributed by atoms with Gasteiger partial charge in [0.1, 0.15) is 6.17 Å². The molecule has 3 aromatic carbocycles. The Morgan fingerprint density at radius 3 is 2.60 bits per heavy atom. The van der Waals surface area contributed by atoms with Crippen molar-refractivity contribution in [2.24, 2.45) is 0 Å². The van der Waals surface area contributed by atoms with E-state index in [2.05, 4.69) is 5.32 Å². The molecule has 1 atom stereocenters. The summed E-state index contributed by atoms with van der Waals surface area (Å²) in [7, 11) is 0. The van der Waals surface area contributed by atoms with Crippen LogP contribution in [0.15, 0.2) is 66.7 Å². The molecule has 0 saturated carbocycles. The number of ether oxygens (including phenoxy) is 2. The van der Waals surface area contributed by atoms with Gasteiger partial charge in [-0.05, 0) is 47.5 Å². The molecule has 7 heteroatoms. The SMILES string of the molecule is O=C(O)c1ccc([C@@H]2Nc3ccccc3C(=O)N2Cc2ccc3c(c2)OCO3)cc1. The second-order valence-electron chi connectivity index (χ2n) is 7.14. The summed E-state index contributed by atoms with van der Waals surface area (Å²) in [6.45, 7) is 0.539. The number of benzene rings is 3. The van der Waals surface area contributed by atoms with E-state index in [1.807, 2.05) is 36.4 Å². The topological polar surface area (TPSA) is 88.1 Å². The van der Waals surface area contributed by atoms with Crippen molar-refractivity contribution in [3.05, 3.63) is 89.0 Å². The van der Waals surface area contributed by atoms with Crippen LogP contribution < -0.4 is 14.8 Å². The van der Waals surface area contributed by atoms with E-state index in [4.69, 9.17) is 9.47 Å². The van der Waals surface area contributed by atoms with Gasteiger partial charge in [-0.2, -0.15) is 0 Å². The molecular weight excluding hydrogens is 384 g/mol. The Balaban J connectivity index is 1.52. The average Bonchev–Trinajstić information content (AvgIpc) is 3.23. The van der Waals surface area contributed by atoms with E-state index in [1.165, 1.54) is 0 Å². The van der Waals surface area contributed by atoms with Gasteiger partial charge in [0.2, 0.25) is 6.79 Å². The highest BCUT2D eigenvalue weighted by Crippen LogP contribution is 2.37. The number of carbonyl (C=O) groups is 2. The number of carbonyl (C=O) groups excluding carboxylic acids is 1. The number of anilines is 1. The third-order valence-electron chi connectivity index (χ3n) is 5.29. The van der Waals surface area contributed by atoms with E-state index >= 15 is 0 Å². The Kier molecular flexibility index (Phi) is 4.28. The minimum atomic E-state index is -0.989. The molecular formula is C23H18N2O5. The monoisotopic (exact) mass is 402 g/mol. The average molecular weight is 402 g/mol. The van der Waals surface area contributed by atoms with Crippen molar-refractivity contribution in [3.8, 4) is 11.5 Å². The van der Waals surface area contributed by atoms with E-state index in [1.54, 1.807) is 35.2 Å². The Morgan fingerprint density at radius 1 is 1.03 bits per heavy atom. The fourth-order valence-corrected chi connectivity index (χ4v) is 3.76. The number of hydrogen-bond acceptors (Lipinski definition) is 5. The van der Waals surface area contributed by atoms with Gasteiger partial charge in [0.15, 0.2) is 11.5 Å². The van der Waals surface area contributed by atoms with Crippen LogP contribution in [0.5, 0.6) is 11.5 Å². The zero-order valence-electron chi connectivity index (χ0n) is 15.9. The van der Waals surface area contributed by atoms with Crippen molar-refractivity contribution in [2.45, 2.75) is 12.7 Å². The number of carboxylic acids is 1. The van der Waals surface area contributed by atoms with Crippen LogP contribution in [0.2, 0.25) is 0 Å². The molecule has 0 bridgehead atoms. The Labute approximate surface area is 172 Å². The largest absolute Gasteiger partial charge is 0.478 e. The molecule has 2 aliphatic rings. The summed E-state index contributed by atoms with van der Waals surface area (Å²) < 4.78 is 10.8. The molecule has 0 spiro atoms. The van der Waals surface area contributed by atoms with Gasteiger partial charge in [-0.25, -0.2) is 4.79 Å². The quantitative estimate of drug-likeness (QED) is 0.689. The minimum Gasteiger partial charge on any atom is -0.478 e. The van der Waals surface area contributed by atoms with E-state index in [-0.39, 0.29) is 18.3 Å². The molecule has 0 saturated heterocycles. The molecule has 1 amide bonds. The number of amides is 1. The molecule has 30 heavy (non-hydrogen) atoms. The first-order valence-electron chi connectivity index (χ1n) is 9.48. The van der Waals surface area contributed by atoms with Crippen molar-refractivity contribution in [1.82, 2.24) is 4.90 Å². The van der Waals surface area contributed by atoms with E-state index in [0.29, 0.717) is 23.6 Å². The van der Waals surface area contributed by atoms with Crippen LogP contribution in [-0.2, 0) is 6.54 Å². The highest BCUT2D eigenvalue weighted by Gasteiger charge is 2.33. The molecule has 0 fully saturated rings. The fraction of sp³-hybridized carbons (Fsp3) is 0.130. The van der Waals surface area contributed by atoms with Crippen LogP contribution in [0.3, 0.4) is 0 Å². The molecule has 150 valence electrons. The number of fused-ring (bicyclic) bond motifs is 2. The zero-order valence-corrected chi connectivity index (χ0v) is 15.9. The van der Waals surface area contributed by atoms with Crippen molar-refractivity contribution < 1.29 is 24.2 Å². The number of rotatable bonds is 4. The standard InChI is InChI=1S/C23H18N2O5/c26-22-17-3-1-2-4-18(17)24-21(15-6-8-16(9-7-15)23(27)28)25(22)12-14-5-10-19-20(11-14)30-13-29-19/h1-11,21,24H,12-13H2,(H,27,28)/t21-/m1/s1. The summed E-state index contributed by atoms with van der Waals surface area (Å²) in [5, 5.41) is 12.6. The number of nitrogens with zero attached hydrogens (tertiary/aromatic N) is 1. The number of aromatic carboxylic acids is 1. The first-order chi connectivity index (χ1) is 14.6. The van der Waals surface area contributed by atoms with Crippen LogP contribution in [0.25, 0.3) is 0 Å². The highest BCUT2D eigenvalue weighted by atomic mass is 16.7. The predicted molar refractivity (Wildman–Crippen MR) is 109 cm³/mol. The lowest BCUT2D eigenvalue weighted by Crippen LogP contribution is -2.42. The predicted octanol–water partition coefficient (Wildman–Crippen LogP) is 3.88. The second-order valence-corrected chi connectivity index (χ2v) is 7.14. The van der Waals surface area contributed by atoms with Crippen LogP contribution in [0.4, 0.5) is 5.69 Å². The summed E-state index contributed by atoms with van der Waals surface area (Å²) in [6.07, 6.45) is -0.444. The maximum absolute atomic E-state index is 13.3. The number of hydrogen-bond donors (Lipinski definition) is 2. The molecule has 2 aliphatic heterocycles. The summed E-state index contributed by atoms with van der Waals surface area (Å²) >= 11 is 0. The van der Waals surface area contributed by atoms with Gasteiger partial charge in [0.05, 0.1) is 11.1 Å². The van der Waals surface area contributed by atoms with Gasteiger partial charge in [-0.1, -0.05) is 30.3 Å². The normalized spacial score (nSPS) is 16.7. The van der Waals surface area contributed by atoms with E-state index < -0.39 is 12.1 Å².